The van der Waals surface area contributed by atoms with Crippen LogP contribution in [-0.4, -0.2) is 39.7 Å². The van der Waals surface area contributed by atoms with Crippen LogP contribution in [0, 0.1) is 11.2 Å². The average molecular weight is 316 g/mol. The second kappa shape index (κ2) is 5.77. The summed E-state index contributed by atoms with van der Waals surface area (Å²) < 4.78 is 14.6. The molecule has 1 saturated heterocycles. The van der Waals surface area contributed by atoms with Crippen LogP contribution in [0.1, 0.15) is 30.8 Å². The second-order valence-electron chi connectivity index (χ2n) is 6.73. The van der Waals surface area contributed by atoms with Crippen molar-refractivity contribution < 1.29 is 9.18 Å². The molecule has 6 heteroatoms. The Morgan fingerprint density at radius 1 is 1.30 bits per heavy atom. The summed E-state index contributed by atoms with van der Waals surface area (Å²) in [7, 11) is 0. The lowest BCUT2D eigenvalue weighted by Gasteiger charge is -2.42. The molecule has 1 fully saturated rings. The zero-order valence-corrected chi connectivity index (χ0v) is 13.4. The predicted octanol–water partition coefficient (Wildman–Crippen LogP) is 2.21. The monoisotopic (exact) mass is 316 g/mol. The minimum Gasteiger partial charge on any atom is -0.337 e. The maximum atomic E-state index is 13.0. The highest BCUT2D eigenvalue weighted by Gasteiger charge is 2.36. The largest absolute Gasteiger partial charge is 0.337 e. The molecule has 122 valence electrons. The van der Waals surface area contributed by atoms with E-state index >= 15 is 0 Å². The van der Waals surface area contributed by atoms with Crippen molar-refractivity contribution in [1.29, 1.82) is 0 Å². The number of piperidine rings is 1. The Morgan fingerprint density at radius 2 is 2.00 bits per heavy atom. The highest BCUT2D eigenvalue weighted by molar-refractivity contribution is 5.92. The number of carbonyl (C=O) groups is 1. The van der Waals surface area contributed by atoms with Crippen LogP contribution in [0.15, 0.2) is 36.5 Å². The van der Waals surface area contributed by atoms with Gasteiger partial charge in [-0.1, -0.05) is 13.8 Å². The zero-order chi connectivity index (χ0) is 16.6. The number of likely N-dealkylation sites (tertiary alicyclic amines) is 1. The molecule has 2 N–H and O–H groups in total. The van der Waals surface area contributed by atoms with Crippen LogP contribution in [0.5, 0.6) is 0 Å². The molecule has 5 nitrogen and oxygen atoms in total. The first-order valence-electron chi connectivity index (χ1n) is 7.73. The van der Waals surface area contributed by atoms with E-state index in [9.17, 15) is 9.18 Å². The van der Waals surface area contributed by atoms with Crippen molar-refractivity contribution >= 4 is 5.91 Å². The topological polar surface area (TPSA) is 64.2 Å². The van der Waals surface area contributed by atoms with Gasteiger partial charge >= 0.3 is 0 Å². The summed E-state index contributed by atoms with van der Waals surface area (Å²) in [6.07, 6.45) is 2.50. The number of nitrogens with zero attached hydrogens (tertiary/aromatic N) is 3. The van der Waals surface area contributed by atoms with Crippen molar-refractivity contribution in [3.63, 3.8) is 0 Å². The number of benzene rings is 1. The third-order valence-corrected chi connectivity index (χ3v) is 4.50. The average Bonchev–Trinajstić information content (AvgIpc) is 3.00. The van der Waals surface area contributed by atoms with Gasteiger partial charge in [0.1, 0.15) is 5.82 Å². The molecule has 1 unspecified atom stereocenters. The number of amides is 1. The Morgan fingerprint density at radius 3 is 2.65 bits per heavy atom. The molecule has 3 rings (SSSR count). The minimum atomic E-state index is -0.302. The smallest absolute Gasteiger partial charge is 0.274 e. The number of halogens is 1. The fraction of sp³-hybridized carbons (Fsp3) is 0.412. The zero-order valence-electron chi connectivity index (χ0n) is 13.4. The van der Waals surface area contributed by atoms with Gasteiger partial charge in [-0.2, -0.15) is 5.10 Å². The Kier molecular flexibility index (Phi) is 3.93. The van der Waals surface area contributed by atoms with Gasteiger partial charge in [-0.15, -0.1) is 0 Å². The van der Waals surface area contributed by atoms with E-state index in [0.29, 0.717) is 24.5 Å². The van der Waals surface area contributed by atoms with Gasteiger partial charge in [0, 0.05) is 25.3 Å². The summed E-state index contributed by atoms with van der Waals surface area (Å²) in [6, 6.07) is 7.77. The van der Waals surface area contributed by atoms with Crippen molar-refractivity contribution in [3.05, 3.63) is 48.0 Å². The molecule has 0 aliphatic carbocycles. The molecule has 0 spiro atoms. The maximum Gasteiger partial charge on any atom is 0.274 e. The third-order valence-electron chi connectivity index (χ3n) is 4.50. The van der Waals surface area contributed by atoms with Gasteiger partial charge in [-0.05, 0) is 42.2 Å². The number of hydrogen-bond acceptors (Lipinski definition) is 3. The number of aromatic nitrogens is 2. The molecule has 1 aliphatic rings. The van der Waals surface area contributed by atoms with E-state index in [-0.39, 0.29) is 23.2 Å². The van der Waals surface area contributed by atoms with Crippen molar-refractivity contribution in [2.24, 2.45) is 11.1 Å². The van der Waals surface area contributed by atoms with Crippen LogP contribution in [0.4, 0.5) is 4.39 Å². The maximum absolute atomic E-state index is 13.0. The van der Waals surface area contributed by atoms with Gasteiger partial charge in [0.05, 0.1) is 5.69 Å². The molecule has 0 saturated carbocycles. The highest BCUT2D eigenvalue weighted by Crippen LogP contribution is 2.28. The molecule has 2 heterocycles. The van der Waals surface area contributed by atoms with E-state index in [1.54, 1.807) is 34.0 Å². The lowest BCUT2D eigenvalue weighted by molar-refractivity contribution is 0.0527. The van der Waals surface area contributed by atoms with E-state index in [1.165, 1.54) is 12.1 Å². The van der Waals surface area contributed by atoms with Gasteiger partial charge in [0.15, 0.2) is 5.69 Å². The standard InChI is InChI=1S/C17H21FN4O/c1-17(2)11-21(9-8-15(17)19)16(23)14-7-10-22(20-14)13-5-3-12(18)4-6-13/h3-7,10,15H,8-9,11,19H2,1-2H3. The summed E-state index contributed by atoms with van der Waals surface area (Å²) in [4.78, 5) is 14.4. The fourth-order valence-electron chi connectivity index (χ4n) is 2.88. The van der Waals surface area contributed by atoms with Crippen molar-refractivity contribution in [3.8, 4) is 5.69 Å². The molecule has 1 aromatic heterocycles. The molecule has 1 atom stereocenters. The summed E-state index contributed by atoms with van der Waals surface area (Å²) in [5.74, 6) is -0.394. The van der Waals surface area contributed by atoms with Crippen LogP contribution in [0.2, 0.25) is 0 Å². The Hall–Kier alpha value is -2.21. The molecule has 2 aromatic rings. The highest BCUT2D eigenvalue weighted by atomic mass is 19.1. The van der Waals surface area contributed by atoms with Crippen LogP contribution in [0.3, 0.4) is 0 Å². The quantitative estimate of drug-likeness (QED) is 0.924. The van der Waals surface area contributed by atoms with E-state index in [2.05, 4.69) is 18.9 Å². The first-order chi connectivity index (χ1) is 10.9. The van der Waals surface area contributed by atoms with Crippen LogP contribution >= 0.6 is 0 Å². The van der Waals surface area contributed by atoms with Gasteiger partial charge in [-0.25, -0.2) is 9.07 Å². The summed E-state index contributed by atoms with van der Waals surface area (Å²) in [5.41, 5.74) is 7.12. The van der Waals surface area contributed by atoms with Crippen molar-refractivity contribution in [1.82, 2.24) is 14.7 Å². The fourth-order valence-corrected chi connectivity index (χ4v) is 2.88. The van der Waals surface area contributed by atoms with E-state index in [1.807, 2.05) is 0 Å². The molecule has 1 aliphatic heterocycles. The number of nitrogens with two attached hydrogens (primary N) is 1. The molecular weight excluding hydrogens is 295 g/mol. The Bertz CT molecular complexity index is 708. The van der Waals surface area contributed by atoms with E-state index < -0.39 is 0 Å². The van der Waals surface area contributed by atoms with E-state index in [4.69, 9.17) is 5.73 Å². The van der Waals surface area contributed by atoms with Gasteiger partial charge in [0.2, 0.25) is 0 Å². The third kappa shape index (κ3) is 3.12. The minimum absolute atomic E-state index is 0.0918. The molecule has 1 amide bonds. The number of rotatable bonds is 2. The Balaban J connectivity index is 1.77. The van der Waals surface area contributed by atoms with Crippen molar-refractivity contribution in [2.75, 3.05) is 13.1 Å². The second-order valence-corrected chi connectivity index (χ2v) is 6.73. The van der Waals surface area contributed by atoms with Gasteiger partial charge in [0.25, 0.3) is 5.91 Å². The molecule has 0 bridgehead atoms. The van der Waals surface area contributed by atoms with Crippen LogP contribution < -0.4 is 5.73 Å². The van der Waals surface area contributed by atoms with Crippen molar-refractivity contribution in [2.45, 2.75) is 26.3 Å². The predicted molar refractivity (Wildman–Crippen MR) is 85.8 cm³/mol. The molecule has 0 radical (unpaired) electrons. The number of hydrogen-bond donors (Lipinski definition) is 1. The normalized spacial score (nSPS) is 20.5. The molecule has 23 heavy (non-hydrogen) atoms. The molecule has 1 aromatic carbocycles. The van der Waals surface area contributed by atoms with Gasteiger partial charge < -0.3 is 10.6 Å². The number of carbonyl (C=O) groups excluding carboxylic acids is 1. The SMILES string of the molecule is CC1(C)CN(C(=O)c2ccn(-c3ccc(F)cc3)n2)CCC1N. The van der Waals surface area contributed by atoms with Crippen LogP contribution in [0.25, 0.3) is 5.69 Å². The lowest BCUT2D eigenvalue weighted by Crippen LogP contribution is -2.54. The van der Waals surface area contributed by atoms with Gasteiger partial charge in [-0.3, -0.25) is 4.79 Å². The molecular formula is C17H21FN4O. The first kappa shape index (κ1) is 15.7. The van der Waals surface area contributed by atoms with E-state index in [0.717, 1.165) is 6.42 Å². The first-order valence-corrected chi connectivity index (χ1v) is 7.73. The van der Waals surface area contributed by atoms with Crippen LogP contribution in [-0.2, 0) is 0 Å². The summed E-state index contributed by atoms with van der Waals surface area (Å²) in [5, 5.41) is 4.32. The summed E-state index contributed by atoms with van der Waals surface area (Å²) >= 11 is 0. The lowest BCUT2D eigenvalue weighted by atomic mass is 9.79. The Labute approximate surface area is 134 Å². The summed E-state index contributed by atoms with van der Waals surface area (Å²) in [6.45, 7) is 5.42.